The number of nitrogens with zero attached hydrogens (tertiary/aromatic N) is 3. The molecule has 1 aromatic carbocycles. The summed E-state index contributed by atoms with van der Waals surface area (Å²) in [6.45, 7) is 3.07. The van der Waals surface area contributed by atoms with Gasteiger partial charge in [-0.3, -0.25) is 4.79 Å². The summed E-state index contributed by atoms with van der Waals surface area (Å²) in [4.78, 5) is 20.6. The number of rotatable bonds is 7. The molecule has 0 radical (unpaired) electrons. The zero-order valence-electron chi connectivity index (χ0n) is 15.6. The molecule has 1 aliphatic heterocycles. The molecule has 2 aromatic rings. The van der Waals surface area contributed by atoms with Crippen LogP contribution in [-0.2, 0) is 22.5 Å². The lowest BCUT2D eigenvalue weighted by Crippen LogP contribution is -2.40. The first-order chi connectivity index (χ1) is 12.7. The van der Waals surface area contributed by atoms with Crippen LogP contribution in [0.4, 0.5) is 0 Å². The van der Waals surface area contributed by atoms with E-state index >= 15 is 0 Å². The fourth-order valence-electron chi connectivity index (χ4n) is 3.50. The van der Waals surface area contributed by atoms with Gasteiger partial charge in [-0.25, -0.2) is 4.98 Å². The van der Waals surface area contributed by atoms with Crippen molar-refractivity contribution >= 4 is 17.7 Å². The number of likely N-dealkylation sites (tertiary alicyclic amines) is 1. The van der Waals surface area contributed by atoms with Gasteiger partial charge in [0.05, 0.1) is 13.0 Å². The van der Waals surface area contributed by atoms with Crippen molar-refractivity contribution in [1.82, 2.24) is 14.5 Å². The zero-order valence-corrected chi connectivity index (χ0v) is 16.4. The van der Waals surface area contributed by atoms with Crippen LogP contribution in [0, 0.1) is 0 Å². The maximum atomic E-state index is 12.8. The molecule has 2 heterocycles. The molecule has 26 heavy (non-hydrogen) atoms. The quantitative estimate of drug-likeness (QED) is 0.699. The first-order valence-corrected chi connectivity index (χ1v) is 10.3. The summed E-state index contributed by atoms with van der Waals surface area (Å²) in [6.07, 6.45) is 8.49. The fraction of sp³-hybridized carbons (Fsp3) is 0.500. The number of carbonyl (C=O) groups is 1. The van der Waals surface area contributed by atoms with Crippen molar-refractivity contribution in [2.75, 3.05) is 33.1 Å². The van der Waals surface area contributed by atoms with Crippen molar-refractivity contribution in [2.24, 2.45) is 0 Å². The smallest absolute Gasteiger partial charge is 0.227 e. The van der Waals surface area contributed by atoms with Crippen molar-refractivity contribution in [3.8, 4) is 0 Å². The Morgan fingerprint density at radius 1 is 1.35 bits per heavy atom. The summed E-state index contributed by atoms with van der Waals surface area (Å²) in [5.74, 6) is 1.59. The molecule has 0 aliphatic carbocycles. The molecule has 1 saturated heterocycles. The molecule has 140 valence electrons. The number of piperidine rings is 1. The molecular weight excluding hydrogens is 346 g/mol. The molecular formula is C20H27N3O2S. The third-order valence-electron chi connectivity index (χ3n) is 4.94. The Hall–Kier alpha value is -1.79. The zero-order chi connectivity index (χ0) is 18.4. The number of hydrogen-bond acceptors (Lipinski definition) is 4. The Balaban J connectivity index is 1.62. The van der Waals surface area contributed by atoms with Gasteiger partial charge in [0.15, 0.2) is 0 Å². The molecule has 0 unspecified atom stereocenters. The van der Waals surface area contributed by atoms with E-state index in [1.807, 2.05) is 17.3 Å². The van der Waals surface area contributed by atoms with E-state index in [1.165, 1.54) is 4.90 Å². The second-order valence-corrected chi connectivity index (χ2v) is 7.56. The molecule has 0 saturated carbocycles. The van der Waals surface area contributed by atoms with Gasteiger partial charge in [-0.1, -0.05) is 12.1 Å². The average Bonchev–Trinajstić information content (AvgIpc) is 3.15. The number of hydrogen-bond donors (Lipinski definition) is 0. The number of carbonyl (C=O) groups excluding carboxylic acids is 1. The number of ether oxygens (including phenoxy) is 1. The van der Waals surface area contributed by atoms with Crippen molar-refractivity contribution in [3.63, 3.8) is 0 Å². The van der Waals surface area contributed by atoms with E-state index in [4.69, 9.17) is 4.74 Å². The fourth-order valence-corrected chi connectivity index (χ4v) is 3.91. The number of aromatic nitrogens is 2. The Kier molecular flexibility index (Phi) is 6.74. The minimum Gasteiger partial charge on any atom is -0.383 e. The van der Waals surface area contributed by atoms with Crippen LogP contribution in [0.2, 0.25) is 0 Å². The summed E-state index contributed by atoms with van der Waals surface area (Å²) >= 11 is 1.72. The highest BCUT2D eigenvalue weighted by molar-refractivity contribution is 7.98. The maximum Gasteiger partial charge on any atom is 0.227 e. The van der Waals surface area contributed by atoms with Gasteiger partial charge in [0, 0.05) is 50.0 Å². The standard InChI is InChI=1S/C20H27N3O2S/c1-25-13-12-22-11-9-21-20(22)17-4-3-10-23(15-17)19(24)14-16-5-7-18(26-2)8-6-16/h5-9,11,17H,3-4,10,12-15H2,1-2H3/t17-/m1/s1. The van der Waals surface area contributed by atoms with Crippen molar-refractivity contribution in [2.45, 2.75) is 36.6 Å². The van der Waals surface area contributed by atoms with Gasteiger partial charge in [-0.2, -0.15) is 0 Å². The summed E-state index contributed by atoms with van der Waals surface area (Å²) in [5.41, 5.74) is 1.08. The summed E-state index contributed by atoms with van der Waals surface area (Å²) in [7, 11) is 1.71. The number of imidazole rings is 1. The monoisotopic (exact) mass is 373 g/mol. The lowest BCUT2D eigenvalue weighted by molar-refractivity contribution is -0.131. The normalized spacial score (nSPS) is 17.5. The van der Waals surface area contributed by atoms with Crippen molar-refractivity contribution in [3.05, 3.63) is 48.0 Å². The molecule has 1 aliphatic rings. The van der Waals surface area contributed by atoms with Gasteiger partial charge in [0.1, 0.15) is 5.82 Å². The molecule has 0 spiro atoms. The highest BCUT2D eigenvalue weighted by atomic mass is 32.2. The Labute approximate surface area is 159 Å². The summed E-state index contributed by atoms with van der Waals surface area (Å²) in [5, 5.41) is 0. The van der Waals surface area contributed by atoms with Crippen molar-refractivity contribution in [1.29, 1.82) is 0 Å². The third kappa shape index (κ3) is 4.68. The highest BCUT2D eigenvalue weighted by Crippen LogP contribution is 2.26. The van der Waals surface area contributed by atoms with Crippen LogP contribution in [0.15, 0.2) is 41.6 Å². The molecule has 5 nitrogen and oxygen atoms in total. The van der Waals surface area contributed by atoms with Crippen LogP contribution >= 0.6 is 11.8 Å². The molecule has 3 rings (SSSR count). The molecule has 0 N–H and O–H groups in total. The van der Waals surface area contributed by atoms with E-state index in [1.54, 1.807) is 18.9 Å². The third-order valence-corrected chi connectivity index (χ3v) is 5.68. The Bertz CT molecular complexity index is 714. The van der Waals surface area contributed by atoms with E-state index in [-0.39, 0.29) is 5.91 Å². The van der Waals surface area contributed by atoms with Gasteiger partial charge >= 0.3 is 0 Å². The first kappa shape index (κ1) is 19.0. The highest BCUT2D eigenvalue weighted by Gasteiger charge is 2.27. The minimum absolute atomic E-state index is 0.210. The van der Waals surface area contributed by atoms with Crippen LogP contribution < -0.4 is 0 Å². The van der Waals surface area contributed by atoms with Gasteiger partial charge in [-0.15, -0.1) is 11.8 Å². The number of benzene rings is 1. The summed E-state index contributed by atoms with van der Waals surface area (Å²) in [6, 6.07) is 8.28. The first-order valence-electron chi connectivity index (χ1n) is 9.12. The molecule has 0 bridgehead atoms. The van der Waals surface area contributed by atoms with E-state index in [2.05, 4.69) is 40.1 Å². The van der Waals surface area contributed by atoms with Crippen LogP contribution in [-0.4, -0.2) is 53.4 Å². The predicted molar refractivity (Wildman–Crippen MR) is 105 cm³/mol. The van der Waals surface area contributed by atoms with E-state index in [0.717, 1.165) is 43.9 Å². The predicted octanol–water partition coefficient (Wildman–Crippen LogP) is 3.20. The number of methoxy groups -OCH3 is 1. The molecule has 1 aromatic heterocycles. The largest absolute Gasteiger partial charge is 0.383 e. The molecule has 6 heteroatoms. The van der Waals surface area contributed by atoms with E-state index in [0.29, 0.717) is 18.9 Å². The van der Waals surface area contributed by atoms with Crippen LogP contribution in [0.1, 0.15) is 30.1 Å². The molecule has 1 fully saturated rings. The van der Waals surface area contributed by atoms with Crippen molar-refractivity contribution < 1.29 is 9.53 Å². The van der Waals surface area contributed by atoms with E-state index in [9.17, 15) is 4.79 Å². The minimum atomic E-state index is 0.210. The topological polar surface area (TPSA) is 47.4 Å². The molecule has 1 amide bonds. The maximum absolute atomic E-state index is 12.8. The van der Waals surface area contributed by atoms with Crippen LogP contribution in [0.25, 0.3) is 0 Å². The SMILES string of the molecule is COCCn1ccnc1[C@@H]1CCCN(C(=O)Cc2ccc(SC)cc2)C1. The van der Waals surface area contributed by atoms with Gasteiger partial charge in [-0.05, 0) is 36.8 Å². The number of amides is 1. The number of thioether (sulfide) groups is 1. The second kappa shape index (κ2) is 9.24. The van der Waals surface area contributed by atoms with Gasteiger partial charge in [0.2, 0.25) is 5.91 Å². The Morgan fingerprint density at radius 2 is 2.15 bits per heavy atom. The van der Waals surface area contributed by atoms with E-state index < -0.39 is 0 Å². The average molecular weight is 374 g/mol. The van der Waals surface area contributed by atoms with Crippen LogP contribution in [0.3, 0.4) is 0 Å². The molecule has 1 atom stereocenters. The van der Waals surface area contributed by atoms with Crippen LogP contribution in [0.5, 0.6) is 0 Å². The lowest BCUT2D eigenvalue weighted by Gasteiger charge is -2.33. The Morgan fingerprint density at radius 3 is 2.88 bits per heavy atom. The second-order valence-electron chi connectivity index (χ2n) is 6.68. The van der Waals surface area contributed by atoms with Gasteiger partial charge in [0.25, 0.3) is 0 Å². The summed E-state index contributed by atoms with van der Waals surface area (Å²) < 4.78 is 7.34. The van der Waals surface area contributed by atoms with Gasteiger partial charge < -0.3 is 14.2 Å². The lowest BCUT2D eigenvalue weighted by atomic mass is 9.96.